The minimum Gasteiger partial charge on any atom is -0.379 e. The van der Waals surface area contributed by atoms with Crippen molar-refractivity contribution >= 4 is 21.8 Å². The summed E-state index contributed by atoms with van der Waals surface area (Å²) >= 11 is 3.42. The Morgan fingerprint density at radius 2 is 2.39 bits per heavy atom. The molecule has 1 saturated heterocycles. The average molecular weight is 313 g/mol. The second kappa shape index (κ2) is 5.38. The number of nitrogens with two attached hydrogens (primary N) is 1. The van der Waals surface area contributed by atoms with Crippen molar-refractivity contribution in [3.63, 3.8) is 0 Å². The largest absolute Gasteiger partial charge is 0.379 e. The van der Waals surface area contributed by atoms with E-state index in [4.69, 9.17) is 10.5 Å². The molecule has 1 fully saturated rings. The molecule has 18 heavy (non-hydrogen) atoms. The fourth-order valence-electron chi connectivity index (χ4n) is 1.96. The predicted octanol–water partition coefficient (Wildman–Crippen LogP) is 1.74. The van der Waals surface area contributed by atoms with E-state index < -0.39 is 5.54 Å². The normalized spacial score (nSPS) is 24.8. The summed E-state index contributed by atoms with van der Waals surface area (Å²) in [4.78, 5) is 12.1. The molecular weight excluding hydrogens is 296 g/mol. The highest BCUT2D eigenvalue weighted by Crippen LogP contribution is 2.20. The SMILES string of the molecule is CC(NC(=O)C1(N)CCOC1)c1cccc(Br)c1. The fourth-order valence-corrected chi connectivity index (χ4v) is 2.38. The Hall–Kier alpha value is -0.910. The molecule has 98 valence electrons. The van der Waals surface area contributed by atoms with Gasteiger partial charge in [-0.2, -0.15) is 0 Å². The molecule has 0 aromatic heterocycles. The van der Waals surface area contributed by atoms with Gasteiger partial charge in [-0.3, -0.25) is 4.79 Å². The Kier molecular flexibility index (Phi) is 4.04. The predicted molar refractivity (Wildman–Crippen MR) is 73.1 cm³/mol. The van der Waals surface area contributed by atoms with Crippen molar-refractivity contribution in [1.82, 2.24) is 5.32 Å². The van der Waals surface area contributed by atoms with Crippen molar-refractivity contribution in [1.29, 1.82) is 0 Å². The van der Waals surface area contributed by atoms with Gasteiger partial charge in [0.05, 0.1) is 12.6 Å². The summed E-state index contributed by atoms with van der Waals surface area (Å²) < 4.78 is 6.19. The van der Waals surface area contributed by atoms with Gasteiger partial charge in [0.25, 0.3) is 0 Å². The first-order chi connectivity index (χ1) is 8.51. The van der Waals surface area contributed by atoms with Crippen molar-refractivity contribution in [3.05, 3.63) is 34.3 Å². The zero-order chi connectivity index (χ0) is 13.2. The lowest BCUT2D eigenvalue weighted by atomic mass is 9.98. The van der Waals surface area contributed by atoms with Crippen LogP contribution in [0.25, 0.3) is 0 Å². The number of carbonyl (C=O) groups excluding carboxylic acids is 1. The quantitative estimate of drug-likeness (QED) is 0.893. The van der Waals surface area contributed by atoms with Gasteiger partial charge >= 0.3 is 0 Å². The lowest BCUT2D eigenvalue weighted by Crippen LogP contribution is -2.54. The summed E-state index contributed by atoms with van der Waals surface area (Å²) in [6.45, 7) is 2.79. The van der Waals surface area contributed by atoms with Crippen molar-refractivity contribution in [3.8, 4) is 0 Å². The first-order valence-electron chi connectivity index (χ1n) is 5.94. The standard InChI is InChI=1S/C13H17BrN2O2/c1-9(10-3-2-4-11(14)7-10)16-12(17)13(15)5-6-18-8-13/h2-4,7,9H,5-6,8,15H2,1H3,(H,16,17). The van der Waals surface area contributed by atoms with Crippen LogP contribution in [0.2, 0.25) is 0 Å². The summed E-state index contributed by atoms with van der Waals surface area (Å²) in [5, 5.41) is 2.94. The molecule has 0 bridgehead atoms. The van der Waals surface area contributed by atoms with Gasteiger partial charge < -0.3 is 15.8 Å². The van der Waals surface area contributed by atoms with E-state index >= 15 is 0 Å². The molecule has 0 aliphatic carbocycles. The van der Waals surface area contributed by atoms with Gasteiger partial charge in [0.2, 0.25) is 5.91 Å². The molecule has 1 aliphatic heterocycles. The van der Waals surface area contributed by atoms with Gasteiger partial charge in [-0.25, -0.2) is 0 Å². The van der Waals surface area contributed by atoms with Gasteiger partial charge in [0.15, 0.2) is 0 Å². The molecule has 1 aliphatic rings. The van der Waals surface area contributed by atoms with Gasteiger partial charge in [-0.1, -0.05) is 28.1 Å². The maximum Gasteiger partial charge on any atom is 0.243 e. The Labute approximate surface area is 115 Å². The Bertz CT molecular complexity index is 444. The topological polar surface area (TPSA) is 64.4 Å². The molecule has 2 rings (SSSR count). The smallest absolute Gasteiger partial charge is 0.243 e. The molecule has 1 aromatic carbocycles. The van der Waals surface area contributed by atoms with Crippen LogP contribution in [0.4, 0.5) is 0 Å². The average Bonchev–Trinajstić information content (AvgIpc) is 2.77. The van der Waals surface area contributed by atoms with Crippen LogP contribution in [-0.2, 0) is 9.53 Å². The summed E-state index contributed by atoms with van der Waals surface area (Å²) in [5.74, 6) is -0.146. The van der Waals surface area contributed by atoms with Crippen LogP contribution in [0, 0.1) is 0 Å². The summed E-state index contributed by atoms with van der Waals surface area (Å²) in [6, 6.07) is 7.78. The zero-order valence-electron chi connectivity index (χ0n) is 10.3. The van der Waals surface area contributed by atoms with Crippen molar-refractivity contribution in [2.24, 2.45) is 5.73 Å². The summed E-state index contributed by atoms with van der Waals surface area (Å²) in [6.07, 6.45) is 0.573. The number of amides is 1. The molecular formula is C13H17BrN2O2. The monoisotopic (exact) mass is 312 g/mol. The number of rotatable bonds is 3. The molecule has 0 radical (unpaired) electrons. The number of nitrogens with one attached hydrogen (secondary N) is 1. The highest BCUT2D eigenvalue weighted by molar-refractivity contribution is 9.10. The summed E-state index contributed by atoms with van der Waals surface area (Å²) in [5.41, 5.74) is 6.18. The van der Waals surface area contributed by atoms with Crippen LogP contribution in [-0.4, -0.2) is 24.7 Å². The lowest BCUT2D eigenvalue weighted by molar-refractivity contribution is -0.127. The van der Waals surface area contributed by atoms with E-state index in [1.54, 1.807) is 0 Å². The van der Waals surface area contributed by atoms with Crippen LogP contribution >= 0.6 is 15.9 Å². The van der Waals surface area contributed by atoms with E-state index in [2.05, 4.69) is 21.2 Å². The van der Waals surface area contributed by atoms with Crippen molar-refractivity contribution in [2.45, 2.75) is 24.9 Å². The molecule has 0 saturated carbocycles. The molecule has 3 N–H and O–H groups in total. The third-order valence-corrected chi connectivity index (χ3v) is 3.69. The third-order valence-electron chi connectivity index (χ3n) is 3.20. The third kappa shape index (κ3) is 2.91. The summed E-state index contributed by atoms with van der Waals surface area (Å²) in [7, 11) is 0. The van der Waals surface area contributed by atoms with Gasteiger partial charge in [0, 0.05) is 11.1 Å². The highest BCUT2D eigenvalue weighted by atomic mass is 79.9. The van der Waals surface area contributed by atoms with Crippen LogP contribution in [0.15, 0.2) is 28.7 Å². The van der Waals surface area contributed by atoms with Crippen LogP contribution in [0.3, 0.4) is 0 Å². The minimum absolute atomic E-state index is 0.0731. The fraction of sp³-hybridized carbons (Fsp3) is 0.462. The molecule has 0 spiro atoms. The van der Waals surface area contributed by atoms with Gasteiger partial charge in [-0.15, -0.1) is 0 Å². The molecule has 5 heteroatoms. The molecule has 1 heterocycles. The van der Waals surface area contributed by atoms with Gasteiger partial charge in [-0.05, 0) is 31.0 Å². The van der Waals surface area contributed by atoms with E-state index in [9.17, 15) is 4.79 Å². The molecule has 1 aromatic rings. The van der Waals surface area contributed by atoms with Gasteiger partial charge in [0.1, 0.15) is 5.54 Å². The maximum atomic E-state index is 12.1. The Morgan fingerprint density at radius 1 is 1.61 bits per heavy atom. The number of ether oxygens (including phenoxy) is 1. The van der Waals surface area contributed by atoms with E-state index in [-0.39, 0.29) is 11.9 Å². The molecule has 2 atom stereocenters. The first-order valence-corrected chi connectivity index (χ1v) is 6.74. The Morgan fingerprint density at radius 3 is 3.00 bits per heavy atom. The van der Waals surface area contributed by atoms with Crippen LogP contribution in [0.1, 0.15) is 24.9 Å². The second-order valence-corrected chi connectivity index (χ2v) is 5.62. The van der Waals surface area contributed by atoms with Crippen LogP contribution < -0.4 is 11.1 Å². The van der Waals surface area contributed by atoms with Crippen molar-refractivity contribution in [2.75, 3.05) is 13.2 Å². The van der Waals surface area contributed by atoms with E-state index in [0.717, 1.165) is 10.0 Å². The molecule has 2 unspecified atom stereocenters. The number of carbonyl (C=O) groups is 1. The molecule has 4 nitrogen and oxygen atoms in total. The number of hydrogen-bond acceptors (Lipinski definition) is 3. The lowest BCUT2D eigenvalue weighted by Gasteiger charge is -2.24. The zero-order valence-corrected chi connectivity index (χ0v) is 11.9. The molecule has 1 amide bonds. The Balaban J connectivity index is 2.03. The van der Waals surface area contributed by atoms with E-state index in [0.29, 0.717) is 19.6 Å². The number of hydrogen-bond donors (Lipinski definition) is 2. The van der Waals surface area contributed by atoms with E-state index in [1.165, 1.54) is 0 Å². The number of halogens is 1. The highest BCUT2D eigenvalue weighted by Gasteiger charge is 2.38. The van der Waals surface area contributed by atoms with E-state index in [1.807, 2.05) is 31.2 Å². The van der Waals surface area contributed by atoms with Crippen LogP contribution in [0.5, 0.6) is 0 Å². The van der Waals surface area contributed by atoms with Crippen molar-refractivity contribution < 1.29 is 9.53 Å². The first kappa shape index (κ1) is 13.5. The number of benzene rings is 1. The maximum absolute atomic E-state index is 12.1. The second-order valence-electron chi connectivity index (χ2n) is 4.71. The minimum atomic E-state index is -0.875.